The third-order valence-electron chi connectivity index (χ3n) is 3.64. The lowest BCUT2D eigenvalue weighted by Crippen LogP contribution is -2.56. The molecule has 12 heavy (non-hydrogen) atoms. The Morgan fingerprint density at radius 2 is 2.08 bits per heavy atom. The third-order valence-corrected chi connectivity index (χ3v) is 3.64. The third kappa shape index (κ3) is 1.01. The van der Waals surface area contributed by atoms with Gasteiger partial charge in [0.05, 0.1) is 12.2 Å². The fourth-order valence-electron chi connectivity index (χ4n) is 2.85. The largest absolute Gasteiger partial charge is 0.392 e. The molecule has 2 aliphatic rings. The van der Waals surface area contributed by atoms with Crippen molar-refractivity contribution in [3.63, 3.8) is 0 Å². The van der Waals surface area contributed by atoms with E-state index >= 15 is 0 Å². The molecule has 0 amide bonds. The summed E-state index contributed by atoms with van der Waals surface area (Å²) >= 11 is 0. The minimum atomic E-state index is -0.0726. The molecule has 0 aromatic heterocycles. The van der Waals surface area contributed by atoms with E-state index in [0.29, 0.717) is 6.10 Å². The van der Waals surface area contributed by atoms with Gasteiger partial charge in [0.25, 0.3) is 0 Å². The van der Waals surface area contributed by atoms with Gasteiger partial charge in [-0.2, -0.15) is 0 Å². The molecule has 0 saturated heterocycles. The van der Waals surface area contributed by atoms with Crippen molar-refractivity contribution in [3.05, 3.63) is 0 Å². The molecule has 2 fully saturated rings. The van der Waals surface area contributed by atoms with Gasteiger partial charge < -0.3 is 9.84 Å². The van der Waals surface area contributed by atoms with Gasteiger partial charge in [0.15, 0.2) is 0 Å². The van der Waals surface area contributed by atoms with Gasteiger partial charge in [-0.05, 0) is 19.8 Å². The van der Waals surface area contributed by atoms with Crippen LogP contribution in [0.5, 0.6) is 0 Å². The highest BCUT2D eigenvalue weighted by Gasteiger charge is 2.55. The zero-order chi connectivity index (χ0) is 8.60. The van der Waals surface area contributed by atoms with Gasteiger partial charge in [0, 0.05) is 18.4 Å². The summed E-state index contributed by atoms with van der Waals surface area (Å²) in [6, 6.07) is 0. The number of rotatable bonds is 2. The normalized spacial score (nSPS) is 38.5. The number of ether oxygens (including phenoxy) is 1. The van der Waals surface area contributed by atoms with E-state index in [0.717, 1.165) is 13.0 Å². The summed E-state index contributed by atoms with van der Waals surface area (Å²) in [5.41, 5.74) is 0.177. The van der Waals surface area contributed by atoms with Crippen LogP contribution in [0.1, 0.15) is 39.0 Å². The Morgan fingerprint density at radius 3 is 2.58 bits per heavy atom. The quantitative estimate of drug-likeness (QED) is 0.683. The second-order valence-corrected chi connectivity index (χ2v) is 4.14. The van der Waals surface area contributed by atoms with E-state index in [2.05, 4.69) is 0 Å². The Kier molecular flexibility index (Phi) is 2.13. The molecule has 0 bridgehead atoms. The van der Waals surface area contributed by atoms with E-state index in [1.165, 1.54) is 25.7 Å². The number of hydrogen-bond donors (Lipinski definition) is 1. The van der Waals surface area contributed by atoms with Crippen LogP contribution in [0.15, 0.2) is 0 Å². The fourth-order valence-corrected chi connectivity index (χ4v) is 2.85. The van der Waals surface area contributed by atoms with Crippen molar-refractivity contribution in [2.24, 2.45) is 5.41 Å². The van der Waals surface area contributed by atoms with Crippen LogP contribution in [-0.2, 0) is 4.74 Å². The van der Waals surface area contributed by atoms with Gasteiger partial charge in [0.1, 0.15) is 0 Å². The molecule has 1 N–H and O–H groups in total. The Labute approximate surface area is 73.9 Å². The van der Waals surface area contributed by atoms with Crippen molar-refractivity contribution in [2.45, 2.75) is 51.2 Å². The van der Waals surface area contributed by atoms with Crippen LogP contribution in [0.25, 0.3) is 0 Å². The molecular weight excluding hydrogens is 152 g/mol. The van der Waals surface area contributed by atoms with E-state index in [9.17, 15) is 5.11 Å². The maximum atomic E-state index is 9.72. The van der Waals surface area contributed by atoms with Crippen LogP contribution in [0.3, 0.4) is 0 Å². The maximum absolute atomic E-state index is 9.72. The summed E-state index contributed by atoms with van der Waals surface area (Å²) in [7, 11) is 0. The molecule has 2 heteroatoms. The summed E-state index contributed by atoms with van der Waals surface area (Å²) in [5.74, 6) is 0. The number of aliphatic hydroxyl groups is 1. The van der Waals surface area contributed by atoms with Crippen LogP contribution in [0, 0.1) is 5.41 Å². The van der Waals surface area contributed by atoms with Gasteiger partial charge in [0.2, 0.25) is 0 Å². The first-order chi connectivity index (χ1) is 5.79. The van der Waals surface area contributed by atoms with Crippen molar-refractivity contribution in [2.75, 3.05) is 6.61 Å². The van der Waals surface area contributed by atoms with E-state index in [4.69, 9.17) is 4.74 Å². The molecule has 2 nitrogen and oxygen atoms in total. The number of aliphatic hydroxyl groups excluding tert-OH is 1. The van der Waals surface area contributed by atoms with Crippen molar-refractivity contribution in [3.8, 4) is 0 Å². The maximum Gasteiger partial charge on any atom is 0.0680 e. The highest BCUT2D eigenvalue weighted by molar-refractivity contribution is 5.06. The highest BCUT2D eigenvalue weighted by atomic mass is 16.5. The lowest BCUT2D eigenvalue weighted by Gasteiger charge is -2.51. The number of hydrogen-bond acceptors (Lipinski definition) is 2. The Bertz CT molecular complexity index is 159. The van der Waals surface area contributed by atoms with Gasteiger partial charge in [-0.1, -0.05) is 12.8 Å². The van der Waals surface area contributed by atoms with Gasteiger partial charge in [-0.15, -0.1) is 0 Å². The lowest BCUT2D eigenvalue weighted by atomic mass is 9.62. The standard InChI is InChI=1S/C10H18O2/c1-2-12-9-7-8(11)10(9)5-3-4-6-10/h8-9,11H,2-7H2,1H3/t8-,9+/m1/s1. The molecule has 2 rings (SSSR count). The average molecular weight is 170 g/mol. The van der Waals surface area contributed by atoms with Crippen molar-refractivity contribution in [1.82, 2.24) is 0 Å². The molecule has 70 valence electrons. The lowest BCUT2D eigenvalue weighted by molar-refractivity contribution is -0.187. The van der Waals surface area contributed by atoms with Crippen LogP contribution >= 0.6 is 0 Å². The molecule has 0 radical (unpaired) electrons. The predicted molar refractivity (Wildman–Crippen MR) is 46.9 cm³/mol. The SMILES string of the molecule is CCO[C@H]1C[C@@H](O)C12CCCC2. The average Bonchev–Trinajstić information content (AvgIpc) is 2.55. The molecule has 2 aliphatic carbocycles. The van der Waals surface area contributed by atoms with Crippen molar-refractivity contribution < 1.29 is 9.84 Å². The molecule has 0 aromatic rings. The molecule has 1 spiro atoms. The minimum Gasteiger partial charge on any atom is -0.392 e. The topological polar surface area (TPSA) is 29.5 Å². The summed E-state index contributed by atoms with van der Waals surface area (Å²) < 4.78 is 5.63. The van der Waals surface area contributed by atoms with Crippen LogP contribution < -0.4 is 0 Å². The Hall–Kier alpha value is -0.0800. The zero-order valence-corrected chi connectivity index (χ0v) is 7.75. The van der Waals surface area contributed by atoms with Crippen LogP contribution in [0.2, 0.25) is 0 Å². The van der Waals surface area contributed by atoms with E-state index in [-0.39, 0.29) is 11.5 Å². The summed E-state index contributed by atoms with van der Waals surface area (Å²) in [5, 5.41) is 9.72. The summed E-state index contributed by atoms with van der Waals surface area (Å²) in [4.78, 5) is 0. The first-order valence-electron chi connectivity index (χ1n) is 5.09. The second-order valence-electron chi connectivity index (χ2n) is 4.14. The summed E-state index contributed by atoms with van der Waals surface area (Å²) in [6.45, 7) is 2.83. The molecule has 0 aliphatic heterocycles. The molecular formula is C10H18O2. The molecule has 0 unspecified atom stereocenters. The van der Waals surface area contributed by atoms with E-state index < -0.39 is 0 Å². The molecule has 0 heterocycles. The zero-order valence-electron chi connectivity index (χ0n) is 7.75. The smallest absolute Gasteiger partial charge is 0.0680 e. The van der Waals surface area contributed by atoms with Crippen LogP contribution in [-0.4, -0.2) is 23.9 Å². The van der Waals surface area contributed by atoms with Gasteiger partial charge >= 0.3 is 0 Å². The predicted octanol–water partition coefficient (Wildman–Crippen LogP) is 1.72. The van der Waals surface area contributed by atoms with Gasteiger partial charge in [-0.25, -0.2) is 0 Å². The second kappa shape index (κ2) is 3.00. The van der Waals surface area contributed by atoms with Crippen LogP contribution in [0.4, 0.5) is 0 Å². The molecule has 0 aromatic carbocycles. The summed E-state index contributed by atoms with van der Waals surface area (Å²) in [6.07, 6.45) is 6.07. The first-order valence-corrected chi connectivity index (χ1v) is 5.09. The highest BCUT2D eigenvalue weighted by Crippen LogP contribution is 2.54. The van der Waals surface area contributed by atoms with E-state index in [1.54, 1.807) is 0 Å². The first kappa shape index (κ1) is 8.52. The van der Waals surface area contributed by atoms with Crippen molar-refractivity contribution in [1.29, 1.82) is 0 Å². The molecule has 2 atom stereocenters. The molecule has 2 saturated carbocycles. The minimum absolute atomic E-state index is 0.0726. The van der Waals surface area contributed by atoms with E-state index in [1.807, 2.05) is 6.92 Å². The monoisotopic (exact) mass is 170 g/mol. The fraction of sp³-hybridized carbons (Fsp3) is 1.00. The van der Waals surface area contributed by atoms with Gasteiger partial charge in [-0.3, -0.25) is 0 Å². The Morgan fingerprint density at radius 1 is 1.42 bits per heavy atom. The van der Waals surface area contributed by atoms with Crippen molar-refractivity contribution >= 4 is 0 Å². The Balaban J connectivity index is 2.00.